The summed E-state index contributed by atoms with van der Waals surface area (Å²) in [6.07, 6.45) is 14.4. The Balaban J connectivity index is 1.56. The lowest BCUT2D eigenvalue weighted by Crippen LogP contribution is -2.27. The fourth-order valence-electron chi connectivity index (χ4n) is 3.55. The number of rotatable bonds is 6. The zero-order chi connectivity index (χ0) is 19.5. The molecule has 0 spiro atoms. The van der Waals surface area contributed by atoms with E-state index in [1.807, 2.05) is 25.5 Å². The van der Waals surface area contributed by atoms with Gasteiger partial charge in [-0.15, -0.1) is 0 Å². The number of allylic oxidation sites excluding steroid dienone is 1. The maximum Gasteiger partial charge on any atom is 0.241 e. The highest BCUT2D eigenvalue weighted by atomic mass is 16.3. The molecule has 1 aliphatic rings. The third-order valence-electron chi connectivity index (χ3n) is 4.98. The number of hydrogen-bond donors (Lipinski definition) is 4. The van der Waals surface area contributed by atoms with E-state index >= 15 is 0 Å². The molecule has 0 aromatic carbocycles. The molecule has 4 rings (SSSR count). The second-order valence-corrected chi connectivity index (χ2v) is 7.03. The van der Waals surface area contributed by atoms with Gasteiger partial charge in [-0.05, 0) is 18.9 Å². The number of nitrogens with zero attached hydrogens (tertiary/aromatic N) is 5. The van der Waals surface area contributed by atoms with Crippen LogP contribution in [-0.4, -0.2) is 41.7 Å². The fraction of sp³-hybridized carbons (Fsp3) is 0.368. The van der Waals surface area contributed by atoms with Crippen LogP contribution in [0, 0.1) is 5.41 Å². The Morgan fingerprint density at radius 1 is 1.29 bits per heavy atom. The van der Waals surface area contributed by atoms with E-state index in [4.69, 9.17) is 5.41 Å². The molecular formula is C19H24N8O. The summed E-state index contributed by atoms with van der Waals surface area (Å²) in [5.74, 6) is 0.111. The van der Waals surface area contributed by atoms with Crippen molar-refractivity contribution >= 4 is 23.2 Å². The van der Waals surface area contributed by atoms with Gasteiger partial charge in [0.05, 0.1) is 23.1 Å². The first-order valence-electron chi connectivity index (χ1n) is 9.45. The van der Waals surface area contributed by atoms with Crippen LogP contribution in [0.25, 0.3) is 16.7 Å². The summed E-state index contributed by atoms with van der Waals surface area (Å²) in [6.45, 7) is 0. The van der Waals surface area contributed by atoms with Gasteiger partial charge in [-0.2, -0.15) is 10.1 Å². The third kappa shape index (κ3) is 3.68. The molecule has 0 radical (unpaired) electrons. The average Bonchev–Trinajstić information content (AvgIpc) is 3.32. The standard InChI is InChI=1S/C19H24N8O/c1-26-12-15(11-22-26)27-8-7-16-17(27)18(28)25-19(24-16)23-14(9-20)10-21-13-5-3-2-4-6-13/h7-13,20-21H,2-6H2,1H3,(H2,23,24,25,28)/b14-10+,20-9?. The molecule has 9 heteroatoms. The first kappa shape index (κ1) is 18.0. The van der Waals surface area contributed by atoms with E-state index in [0.717, 1.165) is 18.5 Å². The van der Waals surface area contributed by atoms with Crippen molar-refractivity contribution in [2.45, 2.75) is 38.1 Å². The van der Waals surface area contributed by atoms with Crippen molar-refractivity contribution in [1.29, 1.82) is 5.41 Å². The Morgan fingerprint density at radius 3 is 2.82 bits per heavy atom. The third-order valence-corrected chi connectivity index (χ3v) is 4.98. The van der Waals surface area contributed by atoms with Crippen molar-refractivity contribution in [3.63, 3.8) is 0 Å². The maximum atomic E-state index is 10.5. The number of hydrogen-bond acceptors (Lipinski definition) is 7. The smallest absolute Gasteiger partial charge is 0.241 e. The Kier molecular flexibility index (Phi) is 4.96. The van der Waals surface area contributed by atoms with Gasteiger partial charge in [0, 0.05) is 37.9 Å². The molecule has 1 saturated carbocycles. The van der Waals surface area contributed by atoms with Gasteiger partial charge >= 0.3 is 0 Å². The van der Waals surface area contributed by atoms with Crippen molar-refractivity contribution in [3.8, 4) is 11.6 Å². The lowest BCUT2D eigenvalue weighted by molar-refractivity contribution is 0.404. The minimum absolute atomic E-state index is 0.133. The molecule has 146 valence electrons. The predicted octanol–water partition coefficient (Wildman–Crippen LogP) is 2.68. The summed E-state index contributed by atoms with van der Waals surface area (Å²) >= 11 is 0. The van der Waals surface area contributed by atoms with Crippen LogP contribution in [-0.2, 0) is 7.05 Å². The van der Waals surface area contributed by atoms with E-state index in [-0.39, 0.29) is 11.8 Å². The van der Waals surface area contributed by atoms with Gasteiger partial charge in [-0.3, -0.25) is 4.68 Å². The quantitative estimate of drug-likeness (QED) is 0.489. The topological polar surface area (TPSA) is 117 Å². The molecule has 3 heterocycles. The zero-order valence-electron chi connectivity index (χ0n) is 15.8. The Hall–Kier alpha value is -3.36. The van der Waals surface area contributed by atoms with E-state index in [1.54, 1.807) is 21.6 Å². The van der Waals surface area contributed by atoms with Gasteiger partial charge in [0.1, 0.15) is 5.52 Å². The van der Waals surface area contributed by atoms with Crippen LogP contribution in [0.3, 0.4) is 0 Å². The predicted molar refractivity (Wildman–Crippen MR) is 108 cm³/mol. The summed E-state index contributed by atoms with van der Waals surface area (Å²) in [7, 11) is 1.83. The van der Waals surface area contributed by atoms with Gasteiger partial charge in [-0.1, -0.05) is 19.3 Å². The van der Waals surface area contributed by atoms with Crippen LogP contribution in [0.15, 0.2) is 36.6 Å². The summed E-state index contributed by atoms with van der Waals surface area (Å²) in [5.41, 5.74) is 2.47. The molecule has 0 atom stereocenters. The molecule has 9 nitrogen and oxygen atoms in total. The highest BCUT2D eigenvalue weighted by molar-refractivity contribution is 5.85. The van der Waals surface area contributed by atoms with Crippen LogP contribution < -0.4 is 10.6 Å². The lowest BCUT2D eigenvalue weighted by Gasteiger charge is -2.22. The molecule has 0 saturated heterocycles. The molecule has 3 aromatic heterocycles. The first-order valence-corrected chi connectivity index (χ1v) is 9.45. The fourth-order valence-corrected chi connectivity index (χ4v) is 3.55. The second kappa shape index (κ2) is 7.71. The van der Waals surface area contributed by atoms with Crippen molar-refractivity contribution < 1.29 is 5.11 Å². The lowest BCUT2D eigenvalue weighted by atomic mass is 9.96. The van der Waals surface area contributed by atoms with Gasteiger partial charge in [0.15, 0.2) is 0 Å². The molecule has 0 bridgehead atoms. The highest BCUT2D eigenvalue weighted by Gasteiger charge is 2.15. The number of fused-ring (bicyclic) bond motifs is 1. The van der Waals surface area contributed by atoms with E-state index < -0.39 is 0 Å². The highest BCUT2D eigenvalue weighted by Crippen LogP contribution is 2.27. The maximum absolute atomic E-state index is 10.5. The van der Waals surface area contributed by atoms with Crippen LogP contribution in [0.2, 0.25) is 0 Å². The van der Waals surface area contributed by atoms with E-state index in [2.05, 4.69) is 25.7 Å². The molecule has 3 aromatic rings. The monoisotopic (exact) mass is 380 g/mol. The number of aromatic nitrogens is 5. The minimum Gasteiger partial charge on any atom is -0.492 e. The summed E-state index contributed by atoms with van der Waals surface area (Å²) in [6, 6.07) is 2.25. The first-order chi connectivity index (χ1) is 13.6. The van der Waals surface area contributed by atoms with Gasteiger partial charge in [-0.25, -0.2) is 4.98 Å². The largest absolute Gasteiger partial charge is 0.492 e. The number of nitrogens with one attached hydrogen (secondary N) is 3. The van der Waals surface area contributed by atoms with Crippen molar-refractivity contribution in [2.75, 3.05) is 5.32 Å². The van der Waals surface area contributed by atoms with E-state index in [9.17, 15) is 5.11 Å². The van der Waals surface area contributed by atoms with Crippen LogP contribution in [0.1, 0.15) is 32.1 Å². The molecule has 4 N–H and O–H groups in total. The SMILES string of the molecule is Cn1cc(-n2ccc3nc(N/C(C=N)=C/NC4CCCCC4)nc(O)c32)cn1. The van der Waals surface area contributed by atoms with Gasteiger partial charge in [0.25, 0.3) is 0 Å². The number of anilines is 1. The van der Waals surface area contributed by atoms with E-state index in [0.29, 0.717) is 22.8 Å². The minimum atomic E-state index is -0.133. The summed E-state index contributed by atoms with van der Waals surface area (Å²) < 4.78 is 3.48. The second-order valence-electron chi connectivity index (χ2n) is 7.03. The van der Waals surface area contributed by atoms with Crippen LogP contribution >= 0.6 is 0 Å². The molecule has 28 heavy (non-hydrogen) atoms. The Labute approximate surface area is 162 Å². The summed E-state index contributed by atoms with van der Waals surface area (Å²) in [5, 5.41) is 28.6. The van der Waals surface area contributed by atoms with E-state index in [1.165, 1.54) is 25.5 Å². The van der Waals surface area contributed by atoms with Crippen molar-refractivity contribution in [1.82, 2.24) is 29.6 Å². The number of aromatic hydroxyl groups is 1. The normalized spacial score (nSPS) is 15.7. The molecule has 0 aliphatic heterocycles. The van der Waals surface area contributed by atoms with Gasteiger partial charge in [0.2, 0.25) is 11.8 Å². The molecule has 1 aliphatic carbocycles. The average molecular weight is 380 g/mol. The molecule has 1 fully saturated rings. The van der Waals surface area contributed by atoms with Crippen LogP contribution in [0.4, 0.5) is 5.95 Å². The molecule has 0 amide bonds. The molecular weight excluding hydrogens is 356 g/mol. The number of aryl methyl sites for hydroxylation is 1. The zero-order valence-corrected chi connectivity index (χ0v) is 15.8. The summed E-state index contributed by atoms with van der Waals surface area (Å²) in [4.78, 5) is 8.63. The van der Waals surface area contributed by atoms with Gasteiger partial charge < -0.3 is 25.7 Å². The Bertz CT molecular complexity index is 1010. The Morgan fingerprint density at radius 2 is 2.11 bits per heavy atom. The van der Waals surface area contributed by atoms with Crippen LogP contribution in [0.5, 0.6) is 5.88 Å². The van der Waals surface area contributed by atoms with Crippen molar-refractivity contribution in [3.05, 3.63) is 36.6 Å². The molecule has 0 unspecified atom stereocenters. The van der Waals surface area contributed by atoms with Crippen molar-refractivity contribution in [2.24, 2.45) is 7.05 Å².